The van der Waals surface area contributed by atoms with Crippen molar-refractivity contribution in [3.05, 3.63) is 0 Å². The predicted octanol–water partition coefficient (Wildman–Crippen LogP) is 1.89. The Hall–Kier alpha value is -1.30. The highest BCUT2D eigenvalue weighted by molar-refractivity contribution is 5.84. The van der Waals surface area contributed by atoms with Crippen molar-refractivity contribution in [2.45, 2.75) is 39.4 Å². The van der Waals surface area contributed by atoms with E-state index < -0.39 is 11.8 Å². The normalized spacial score (nSPS) is 24.1. The summed E-state index contributed by atoms with van der Waals surface area (Å²) in [5, 5.41) is 4.07. The molecule has 0 amide bonds. The molecule has 1 heterocycles. The van der Waals surface area contributed by atoms with E-state index in [1.165, 1.54) is 0 Å². The zero-order chi connectivity index (χ0) is 14.6. The Balaban J connectivity index is 2.54. The minimum Gasteiger partial charge on any atom is -0.426 e. The molecule has 19 heavy (non-hydrogen) atoms. The molecule has 1 fully saturated rings. The molecule has 0 saturated carbocycles. The van der Waals surface area contributed by atoms with Gasteiger partial charge in [0.2, 0.25) is 0 Å². The second-order valence-electron chi connectivity index (χ2n) is 5.65. The van der Waals surface area contributed by atoms with Gasteiger partial charge in [0.25, 0.3) is 0 Å². The minimum atomic E-state index is -0.642. The van der Waals surface area contributed by atoms with Crippen molar-refractivity contribution in [3.63, 3.8) is 0 Å². The maximum absolute atomic E-state index is 11.2. The summed E-state index contributed by atoms with van der Waals surface area (Å²) in [5.41, 5.74) is 0.145. The SMILES string of the molecule is CC(=NOCCN(C)C)[C@H](C)[C@H]1OC(=O)OC1(C)C. The summed E-state index contributed by atoms with van der Waals surface area (Å²) in [4.78, 5) is 18.5. The summed E-state index contributed by atoms with van der Waals surface area (Å²) in [5.74, 6) is -0.0548. The Morgan fingerprint density at radius 3 is 2.63 bits per heavy atom. The highest BCUT2D eigenvalue weighted by Gasteiger charge is 2.47. The van der Waals surface area contributed by atoms with Crippen LogP contribution in [0.1, 0.15) is 27.7 Å². The van der Waals surface area contributed by atoms with Crippen LogP contribution in [-0.2, 0) is 14.3 Å². The van der Waals surface area contributed by atoms with Crippen molar-refractivity contribution >= 4 is 11.9 Å². The molecule has 0 radical (unpaired) electrons. The Morgan fingerprint density at radius 1 is 1.53 bits per heavy atom. The lowest BCUT2D eigenvalue weighted by atomic mass is 9.88. The lowest BCUT2D eigenvalue weighted by molar-refractivity contribution is 0.0505. The molecule has 6 nitrogen and oxygen atoms in total. The van der Waals surface area contributed by atoms with Crippen LogP contribution in [-0.4, -0.2) is 55.7 Å². The van der Waals surface area contributed by atoms with Crippen molar-refractivity contribution in [1.29, 1.82) is 0 Å². The van der Waals surface area contributed by atoms with Crippen LogP contribution in [0.15, 0.2) is 5.16 Å². The monoisotopic (exact) mass is 272 g/mol. The fraction of sp³-hybridized carbons (Fsp3) is 0.846. The molecule has 0 aromatic rings. The van der Waals surface area contributed by atoms with Gasteiger partial charge in [0.15, 0.2) is 6.10 Å². The average molecular weight is 272 g/mol. The Morgan fingerprint density at radius 2 is 2.16 bits per heavy atom. The van der Waals surface area contributed by atoms with E-state index in [0.717, 1.165) is 12.3 Å². The zero-order valence-electron chi connectivity index (χ0n) is 12.6. The number of carbonyl (C=O) groups is 1. The summed E-state index contributed by atoms with van der Waals surface area (Å²) in [7, 11) is 3.95. The van der Waals surface area contributed by atoms with E-state index in [2.05, 4.69) is 5.16 Å². The fourth-order valence-electron chi connectivity index (χ4n) is 1.92. The van der Waals surface area contributed by atoms with Crippen LogP contribution in [0.25, 0.3) is 0 Å². The molecule has 0 aromatic heterocycles. The highest BCUT2D eigenvalue weighted by Crippen LogP contribution is 2.32. The Kier molecular flexibility index (Phi) is 5.17. The van der Waals surface area contributed by atoms with E-state index in [1.807, 2.05) is 46.7 Å². The first kappa shape index (κ1) is 15.8. The lowest BCUT2D eigenvalue weighted by Gasteiger charge is -2.26. The van der Waals surface area contributed by atoms with Crippen LogP contribution in [0.4, 0.5) is 4.79 Å². The third-order valence-electron chi connectivity index (χ3n) is 3.21. The van der Waals surface area contributed by atoms with Gasteiger partial charge in [0.05, 0.1) is 5.71 Å². The van der Waals surface area contributed by atoms with Gasteiger partial charge in [-0.15, -0.1) is 0 Å². The number of ether oxygens (including phenoxy) is 2. The quantitative estimate of drug-likeness (QED) is 0.320. The van der Waals surface area contributed by atoms with Gasteiger partial charge >= 0.3 is 6.16 Å². The van der Waals surface area contributed by atoms with Crippen LogP contribution >= 0.6 is 0 Å². The number of rotatable bonds is 6. The molecular formula is C13H24N2O4. The molecule has 1 saturated heterocycles. The first-order valence-corrected chi connectivity index (χ1v) is 6.45. The number of hydrogen-bond acceptors (Lipinski definition) is 6. The van der Waals surface area contributed by atoms with Gasteiger partial charge in [-0.25, -0.2) is 4.79 Å². The number of cyclic esters (lactones) is 2. The van der Waals surface area contributed by atoms with Gasteiger partial charge in [-0.2, -0.15) is 0 Å². The molecule has 1 aliphatic rings. The number of hydrogen-bond donors (Lipinski definition) is 0. The van der Waals surface area contributed by atoms with Crippen molar-refractivity contribution in [1.82, 2.24) is 4.90 Å². The molecule has 1 aliphatic heterocycles. The molecular weight excluding hydrogens is 248 g/mol. The molecule has 0 N–H and O–H groups in total. The Bertz CT molecular complexity index is 353. The summed E-state index contributed by atoms with van der Waals surface area (Å²) >= 11 is 0. The van der Waals surface area contributed by atoms with Crippen molar-refractivity contribution in [3.8, 4) is 0 Å². The molecule has 2 atom stereocenters. The number of likely N-dealkylation sites (N-methyl/N-ethyl adjacent to an activating group) is 1. The summed E-state index contributed by atoms with van der Waals surface area (Å²) in [6, 6.07) is 0. The van der Waals surface area contributed by atoms with Crippen molar-refractivity contribution in [2.75, 3.05) is 27.2 Å². The molecule has 0 unspecified atom stereocenters. The smallest absolute Gasteiger partial charge is 0.426 e. The van der Waals surface area contributed by atoms with Crippen LogP contribution in [0.2, 0.25) is 0 Å². The van der Waals surface area contributed by atoms with Gasteiger partial charge < -0.3 is 19.2 Å². The molecule has 0 aromatic carbocycles. The van der Waals surface area contributed by atoms with Gasteiger partial charge in [0, 0.05) is 12.5 Å². The van der Waals surface area contributed by atoms with Gasteiger partial charge in [-0.05, 0) is 34.9 Å². The molecule has 0 spiro atoms. The van der Waals surface area contributed by atoms with Crippen LogP contribution in [0, 0.1) is 5.92 Å². The van der Waals surface area contributed by atoms with E-state index >= 15 is 0 Å². The largest absolute Gasteiger partial charge is 0.509 e. The van der Waals surface area contributed by atoms with Gasteiger partial charge in [-0.1, -0.05) is 12.1 Å². The predicted molar refractivity (Wildman–Crippen MR) is 72.2 cm³/mol. The second kappa shape index (κ2) is 6.23. The fourth-order valence-corrected chi connectivity index (χ4v) is 1.92. The minimum absolute atomic E-state index is 0.0548. The first-order valence-electron chi connectivity index (χ1n) is 6.45. The standard InChI is InChI=1S/C13H24N2O4/c1-9(10(2)14-17-8-7-15(5)6)11-13(3,4)19-12(16)18-11/h9,11H,7-8H2,1-6H3/t9-,11+/m0/s1. The van der Waals surface area contributed by atoms with Crippen LogP contribution in [0.5, 0.6) is 0 Å². The third kappa shape index (κ3) is 4.38. The molecule has 1 rings (SSSR count). The first-order chi connectivity index (χ1) is 8.74. The van der Waals surface area contributed by atoms with Crippen molar-refractivity contribution < 1.29 is 19.1 Å². The molecule has 0 bridgehead atoms. The molecule has 0 aliphatic carbocycles. The topological polar surface area (TPSA) is 60.4 Å². The van der Waals surface area contributed by atoms with Gasteiger partial charge in [0.1, 0.15) is 12.2 Å². The zero-order valence-corrected chi connectivity index (χ0v) is 12.6. The maximum Gasteiger partial charge on any atom is 0.509 e. The summed E-state index contributed by atoms with van der Waals surface area (Å²) in [6.45, 7) is 8.81. The number of oxime groups is 1. The summed E-state index contributed by atoms with van der Waals surface area (Å²) in [6.07, 6.45) is -0.968. The van der Waals surface area contributed by atoms with E-state index in [0.29, 0.717) is 6.61 Å². The number of nitrogens with zero attached hydrogens (tertiary/aromatic N) is 2. The van der Waals surface area contributed by atoms with E-state index in [1.54, 1.807) is 0 Å². The molecule has 6 heteroatoms. The number of carbonyl (C=O) groups excluding carboxylic acids is 1. The average Bonchev–Trinajstić information content (AvgIpc) is 2.56. The van der Waals surface area contributed by atoms with Crippen LogP contribution in [0.3, 0.4) is 0 Å². The lowest BCUT2D eigenvalue weighted by Crippen LogP contribution is -2.40. The highest BCUT2D eigenvalue weighted by atomic mass is 16.8. The maximum atomic E-state index is 11.2. The van der Waals surface area contributed by atoms with Crippen molar-refractivity contribution in [2.24, 2.45) is 11.1 Å². The second-order valence-corrected chi connectivity index (χ2v) is 5.65. The Labute approximate surface area is 114 Å². The van der Waals surface area contributed by atoms with E-state index in [4.69, 9.17) is 14.3 Å². The third-order valence-corrected chi connectivity index (χ3v) is 3.21. The summed E-state index contributed by atoms with van der Waals surface area (Å²) < 4.78 is 10.3. The van der Waals surface area contributed by atoms with E-state index in [9.17, 15) is 4.79 Å². The van der Waals surface area contributed by atoms with Gasteiger partial charge in [-0.3, -0.25) is 0 Å². The van der Waals surface area contributed by atoms with Crippen LogP contribution < -0.4 is 0 Å². The van der Waals surface area contributed by atoms with E-state index in [-0.39, 0.29) is 12.0 Å². The molecule has 110 valence electrons.